The van der Waals surface area contributed by atoms with Crippen molar-refractivity contribution in [3.05, 3.63) is 0 Å². The minimum atomic E-state index is -1.34. The summed E-state index contributed by atoms with van der Waals surface area (Å²) in [4.78, 5) is 0. The average molecular weight is 212 g/mol. The van der Waals surface area contributed by atoms with Gasteiger partial charge in [-0.05, 0) is 56.7 Å². The monoisotopic (exact) mass is 212 g/mol. The molecule has 0 heterocycles. The molecule has 0 radical (unpaired) electrons. The molecule has 2 aliphatic rings. The third kappa shape index (κ3) is 2.06. The number of rotatable bonds is 2. The van der Waals surface area contributed by atoms with Crippen LogP contribution in [0.5, 0.6) is 0 Å². The summed E-state index contributed by atoms with van der Waals surface area (Å²) in [5.41, 5.74) is 0.637. The van der Waals surface area contributed by atoms with Crippen LogP contribution >= 0.6 is 0 Å². The molecule has 0 N–H and O–H groups in total. The molecule has 2 rings (SSSR count). The highest BCUT2D eigenvalue weighted by atomic mass is 28.4. The lowest BCUT2D eigenvalue weighted by Gasteiger charge is -2.40. The maximum Gasteiger partial charge on any atom is 0.184 e. The summed E-state index contributed by atoms with van der Waals surface area (Å²) in [6, 6.07) is 0. The Morgan fingerprint density at radius 2 is 1.79 bits per heavy atom. The Hall–Kier alpha value is 0.177. The van der Waals surface area contributed by atoms with Crippen LogP contribution in [-0.4, -0.2) is 14.4 Å². The zero-order chi connectivity index (χ0) is 10.4. The Bertz CT molecular complexity index is 215. The van der Waals surface area contributed by atoms with E-state index in [4.69, 9.17) is 4.43 Å². The van der Waals surface area contributed by atoms with Gasteiger partial charge >= 0.3 is 0 Å². The van der Waals surface area contributed by atoms with Crippen molar-refractivity contribution in [3.8, 4) is 0 Å². The van der Waals surface area contributed by atoms with Crippen LogP contribution in [0.25, 0.3) is 0 Å². The quantitative estimate of drug-likeness (QED) is 0.633. The molecule has 0 aliphatic heterocycles. The van der Waals surface area contributed by atoms with E-state index in [1.807, 2.05) is 0 Å². The highest BCUT2D eigenvalue weighted by Crippen LogP contribution is 2.59. The van der Waals surface area contributed by atoms with Gasteiger partial charge in [0.25, 0.3) is 0 Å². The summed E-state index contributed by atoms with van der Waals surface area (Å²) in [5, 5.41) is 0. The Morgan fingerprint density at radius 1 is 1.14 bits per heavy atom. The van der Waals surface area contributed by atoms with E-state index in [0.717, 1.165) is 5.92 Å². The summed E-state index contributed by atoms with van der Waals surface area (Å²) in [5.74, 6) is 0.804. The molecular weight excluding hydrogens is 188 g/mol. The van der Waals surface area contributed by atoms with Crippen LogP contribution in [0.2, 0.25) is 19.6 Å². The van der Waals surface area contributed by atoms with Gasteiger partial charge in [0.1, 0.15) is 0 Å². The van der Waals surface area contributed by atoms with Crippen molar-refractivity contribution < 1.29 is 4.43 Å². The highest BCUT2D eigenvalue weighted by Gasteiger charge is 2.53. The van der Waals surface area contributed by atoms with Gasteiger partial charge in [-0.1, -0.05) is 13.3 Å². The number of hydrogen-bond donors (Lipinski definition) is 0. The molecule has 1 spiro atoms. The third-order valence-electron chi connectivity index (χ3n) is 3.83. The van der Waals surface area contributed by atoms with E-state index >= 15 is 0 Å². The van der Waals surface area contributed by atoms with Gasteiger partial charge in [0.05, 0.1) is 6.10 Å². The van der Waals surface area contributed by atoms with Crippen LogP contribution in [0.15, 0.2) is 0 Å². The molecule has 82 valence electrons. The van der Waals surface area contributed by atoms with E-state index in [9.17, 15) is 0 Å². The lowest BCUT2D eigenvalue weighted by molar-refractivity contribution is 0.0259. The Morgan fingerprint density at radius 3 is 2.29 bits per heavy atom. The SMILES string of the molecule is CC1CCCC2(CC2)C1O[Si](C)(C)C. The normalized spacial score (nSPS) is 36.0. The van der Waals surface area contributed by atoms with Crippen molar-refractivity contribution in [2.45, 2.75) is 64.8 Å². The van der Waals surface area contributed by atoms with E-state index in [1.54, 1.807) is 0 Å². The molecule has 2 atom stereocenters. The highest BCUT2D eigenvalue weighted by molar-refractivity contribution is 6.69. The second kappa shape index (κ2) is 3.34. The van der Waals surface area contributed by atoms with Gasteiger partial charge in [-0.3, -0.25) is 0 Å². The van der Waals surface area contributed by atoms with Gasteiger partial charge in [-0.25, -0.2) is 0 Å². The lowest BCUT2D eigenvalue weighted by Crippen LogP contribution is -2.43. The summed E-state index contributed by atoms with van der Waals surface area (Å²) in [7, 11) is -1.34. The Balaban J connectivity index is 2.05. The Labute approximate surface area is 89.4 Å². The predicted molar refractivity (Wildman–Crippen MR) is 62.9 cm³/mol. The van der Waals surface area contributed by atoms with Crippen molar-refractivity contribution in [1.29, 1.82) is 0 Å². The van der Waals surface area contributed by atoms with E-state index < -0.39 is 8.32 Å². The first-order valence-electron chi connectivity index (χ1n) is 6.11. The summed E-state index contributed by atoms with van der Waals surface area (Å²) < 4.78 is 6.41. The molecule has 2 heteroatoms. The van der Waals surface area contributed by atoms with E-state index in [-0.39, 0.29) is 0 Å². The molecule has 0 aromatic rings. The maximum atomic E-state index is 6.41. The van der Waals surface area contributed by atoms with Crippen LogP contribution in [-0.2, 0) is 4.43 Å². The summed E-state index contributed by atoms with van der Waals surface area (Å²) in [6.07, 6.45) is 7.73. The molecule has 2 fully saturated rings. The standard InChI is InChI=1S/C12H24OSi/c1-10-6-5-7-12(8-9-12)11(10)13-14(2,3)4/h10-11H,5-9H2,1-4H3. The summed E-state index contributed by atoms with van der Waals surface area (Å²) in [6.45, 7) is 9.36. The minimum Gasteiger partial charge on any atom is -0.414 e. The molecule has 2 saturated carbocycles. The van der Waals surface area contributed by atoms with Crippen molar-refractivity contribution in [2.75, 3.05) is 0 Å². The largest absolute Gasteiger partial charge is 0.414 e. The minimum absolute atomic E-state index is 0.600. The van der Waals surface area contributed by atoms with E-state index in [1.165, 1.54) is 32.1 Å². The average Bonchev–Trinajstić information content (AvgIpc) is 2.77. The van der Waals surface area contributed by atoms with Gasteiger partial charge in [0.15, 0.2) is 8.32 Å². The first-order valence-corrected chi connectivity index (χ1v) is 9.52. The molecule has 14 heavy (non-hydrogen) atoms. The van der Waals surface area contributed by atoms with Crippen LogP contribution in [0.3, 0.4) is 0 Å². The fraction of sp³-hybridized carbons (Fsp3) is 1.00. The predicted octanol–water partition coefficient (Wildman–Crippen LogP) is 3.81. The fourth-order valence-electron chi connectivity index (χ4n) is 2.99. The fourth-order valence-corrected chi connectivity index (χ4v) is 4.23. The molecule has 0 aromatic carbocycles. The molecule has 2 unspecified atom stereocenters. The summed E-state index contributed by atoms with van der Waals surface area (Å²) >= 11 is 0. The second-order valence-corrected chi connectivity index (χ2v) is 10.8. The number of hydrogen-bond acceptors (Lipinski definition) is 1. The van der Waals surface area contributed by atoms with Gasteiger partial charge in [-0.2, -0.15) is 0 Å². The van der Waals surface area contributed by atoms with Crippen LogP contribution in [0.4, 0.5) is 0 Å². The van der Waals surface area contributed by atoms with E-state index in [0.29, 0.717) is 11.5 Å². The van der Waals surface area contributed by atoms with E-state index in [2.05, 4.69) is 26.6 Å². The van der Waals surface area contributed by atoms with Gasteiger partial charge in [-0.15, -0.1) is 0 Å². The first-order chi connectivity index (χ1) is 6.43. The van der Waals surface area contributed by atoms with Gasteiger partial charge in [0, 0.05) is 0 Å². The van der Waals surface area contributed by atoms with Crippen LogP contribution in [0, 0.1) is 11.3 Å². The van der Waals surface area contributed by atoms with Crippen molar-refractivity contribution in [1.82, 2.24) is 0 Å². The molecule has 0 amide bonds. The zero-order valence-electron chi connectivity index (χ0n) is 10.1. The molecule has 2 aliphatic carbocycles. The lowest BCUT2D eigenvalue weighted by atomic mass is 9.77. The van der Waals surface area contributed by atoms with Crippen LogP contribution < -0.4 is 0 Å². The molecule has 1 nitrogen and oxygen atoms in total. The Kier molecular flexibility index (Phi) is 2.55. The molecule has 0 bridgehead atoms. The maximum absolute atomic E-state index is 6.41. The van der Waals surface area contributed by atoms with Crippen molar-refractivity contribution >= 4 is 8.32 Å². The molecule has 0 saturated heterocycles. The smallest absolute Gasteiger partial charge is 0.184 e. The molecule has 0 aromatic heterocycles. The van der Waals surface area contributed by atoms with Crippen molar-refractivity contribution in [3.63, 3.8) is 0 Å². The van der Waals surface area contributed by atoms with Gasteiger partial charge in [0.2, 0.25) is 0 Å². The third-order valence-corrected chi connectivity index (χ3v) is 4.79. The van der Waals surface area contributed by atoms with Gasteiger partial charge < -0.3 is 4.43 Å². The molecular formula is C12H24OSi. The second-order valence-electron chi connectivity index (χ2n) is 6.38. The van der Waals surface area contributed by atoms with Crippen molar-refractivity contribution in [2.24, 2.45) is 11.3 Å². The first kappa shape index (κ1) is 10.7. The topological polar surface area (TPSA) is 9.23 Å². The van der Waals surface area contributed by atoms with Crippen LogP contribution in [0.1, 0.15) is 39.0 Å². The zero-order valence-corrected chi connectivity index (χ0v) is 11.1.